The number of hydrogen-bond donors (Lipinski definition) is 1. The van der Waals surface area contributed by atoms with Gasteiger partial charge in [-0.15, -0.1) is 0 Å². The van der Waals surface area contributed by atoms with Crippen LogP contribution in [-0.2, 0) is 13.6 Å². The Hall–Kier alpha value is -2.12. The number of anilines is 1. The van der Waals surface area contributed by atoms with Crippen molar-refractivity contribution in [3.05, 3.63) is 63.0 Å². The van der Waals surface area contributed by atoms with Crippen LogP contribution in [0.4, 0.5) is 5.82 Å². The maximum Gasteiger partial charge on any atom is 0.260 e. The normalized spacial score (nSPS) is 10.8. The monoisotopic (exact) mass is 407 g/mol. The second-order valence-electron chi connectivity index (χ2n) is 5.34. The summed E-state index contributed by atoms with van der Waals surface area (Å²) in [6.45, 7) is 2.35. The Labute approximate surface area is 152 Å². The van der Waals surface area contributed by atoms with E-state index in [9.17, 15) is 4.79 Å². The molecule has 3 aromatic rings. The van der Waals surface area contributed by atoms with Gasteiger partial charge in [0.15, 0.2) is 5.82 Å². The molecule has 0 spiro atoms. The Balaban J connectivity index is 1.78. The van der Waals surface area contributed by atoms with Gasteiger partial charge < -0.3 is 5.32 Å². The first-order valence-electron chi connectivity index (χ1n) is 7.22. The molecule has 1 amide bonds. The van der Waals surface area contributed by atoms with Gasteiger partial charge >= 0.3 is 0 Å². The predicted octanol–water partition coefficient (Wildman–Crippen LogP) is 3.64. The lowest BCUT2D eigenvalue weighted by atomic mass is 10.2. The molecule has 0 aliphatic carbocycles. The number of amides is 1. The van der Waals surface area contributed by atoms with Crippen molar-refractivity contribution >= 4 is 39.3 Å². The number of aryl methyl sites for hydroxylation is 1. The van der Waals surface area contributed by atoms with Crippen LogP contribution in [0.5, 0.6) is 0 Å². The van der Waals surface area contributed by atoms with Crippen LogP contribution in [0, 0.1) is 6.92 Å². The quantitative estimate of drug-likeness (QED) is 0.717. The van der Waals surface area contributed by atoms with E-state index in [4.69, 9.17) is 11.6 Å². The highest BCUT2D eigenvalue weighted by Gasteiger charge is 2.16. The molecule has 2 heterocycles. The van der Waals surface area contributed by atoms with E-state index in [2.05, 4.69) is 31.4 Å². The van der Waals surface area contributed by atoms with E-state index >= 15 is 0 Å². The zero-order valence-electron chi connectivity index (χ0n) is 13.1. The highest BCUT2D eigenvalue weighted by atomic mass is 79.9. The number of hydrogen-bond acceptors (Lipinski definition) is 3. The molecule has 0 fully saturated rings. The summed E-state index contributed by atoms with van der Waals surface area (Å²) in [5, 5.41) is 12.0. The summed E-state index contributed by atoms with van der Waals surface area (Å²) >= 11 is 9.59. The summed E-state index contributed by atoms with van der Waals surface area (Å²) < 4.78 is 4.07. The average molecular weight is 409 g/mol. The number of rotatable bonds is 4. The average Bonchev–Trinajstić information content (AvgIpc) is 3.05. The molecule has 124 valence electrons. The zero-order chi connectivity index (χ0) is 17.3. The van der Waals surface area contributed by atoms with Gasteiger partial charge in [0.05, 0.1) is 22.8 Å². The number of carbonyl (C=O) groups excluding carboxylic acids is 1. The maximum absolute atomic E-state index is 12.4. The van der Waals surface area contributed by atoms with E-state index in [1.54, 1.807) is 28.8 Å². The molecular formula is C16H15BrClN5O. The second kappa shape index (κ2) is 6.78. The van der Waals surface area contributed by atoms with Crippen molar-refractivity contribution in [2.24, 2.45) is 7.05 Å². The van der Waals surface area contributed by atoms with Crippen molar-refractivity contribution in [2.45, 2.75) is 13.5 Å². The largest absolute Gasteiger partial charge is 0.304 e. The Morgan fingerprint density at radius 2 is 2.12 bits per heavy atom. The maximum atomic E-state index is 12.4. The van der Waals surface area contributed by atoms with E-state index in [1.807, 2.05) is 31.2 Å². The summed E-state index contributed by atoms with van der Waals surface area (Å²) in [7, 11) is 1.79. The first-order chi connectivity index (χ1) is 11.5. The highest BCUT2D eigenvalue weighted by Crippen LogP contribution is 2.23. The minimum Gasteiger partial charge on any atom is -0.304 e. The summed E-state index contributed by atoms with van der Waals surface area (Å²) in [5.41, 5.74) is 2.26. The molecule has 0 unspecified atom stereocenters. The molecular weight excluding hydrogens is 394 g/mol. The summed E-state index contributed by atoms with van der Waals surface area (Å²) in [6.07, 6.45) is 3.34. The third-order valence-corrected chi connectivity index (χ3v) is 4.67. The molecule has 2 aromatic heterocycles. The number of benzene rings is 1. The summed E-state index contributed by atoms with van der Waals surface area (Å²) in [5.74, 6) is 0.208. The van der Waals surface area contributed by atoms with E-state index < -0.39 is 0 Å². The fourth-order valence-electron chi connectivity index (χ4n) is 2.26. The molecule has 1 N–H and O–H groups in total. The lowest BCUT2D eigenvalue weighted by Gasteiger charge is -2.04. The number of nitrogens with one attached hydrogen (secondary N) is 1. The SMILES string of the molecule is Cc1c(C(=O)Nc2nn(Cc3ccccc3Cl)cc2Br)cnn1C. The van der Waals surface area contributed by atoms with Crippen LogP contribution in [0.25, 0.3) is 0 Å². The first-order valence-corrected chi connectivity index (χ1v) is 8.39. The van der Waals surface area contributed by atoms with Crippen LogP contribution in [0.15, 0.2) is 41.1 Å². The molecule has 0 aliphatic heterocycles. The van der Waals surface area contributed by atoms with E-state index in [0.29, 0.717) is 27.4 Å². The number of halogens is 2. The molecule has 0 radical (unpaired) electrons. The smallest absolute Gasteiger partial charge is 0.260 e. The molecule has 0 aliphatic rings. The molecule has 8 heteroatoms. The molecule has 1 aromatic carbocycles. The molecule has 24 heavy (non-hydrogen) atoms. The Bertz CT molecular complexity index is 902. The topological polar surface area (TPSA) is 64.7 Å². The minimum atomic E-state index is -0.246. The Morgan fingerprint density at radius 1 is 1.38 bits per heavy atom. The van der Waals surface area contributed by atoms with E-state index in [-0.39, 0.29) is 5.91 Å². The van der Waals surface area contributed by atoms with Crippen molar-refractivity contribution in [2.75, 3.05) is 5.32 Å². The van der Waals surface area contributed by atoms with Gasteiger partial charge in [0.25, 0.3) is 5.91 Å². The van der Waals surface area contributed by atoms with Crippen molar-refractivity contribution in [3.8, 4) is 0 Å². The number of carbonyl (C=O) groups is 1. The number of nitrogens with zero attached hydrogens (tertiary/aromatic N) is 4. The van der Waals surface area contributed by atoms with Gasteiger partial charge in [-0.25, -0.2) is 0 Å². The van der Waals surface area contributed by atoms with Crippen molar-refractivity contribution < 1.29 is 4.79 Å². The predicted molar refractivity (Wildman–Crippen MR) is 96.4 cm³/mol. The lowest BCUT2D eigenvalue weighted by molar-refractivity contribution is 0.102. The fourth-order valence-corrected chi connectivity index (χ4v) is 2.87. The highest BCUT2D eigenvalue weighted by molar-refractivity contribution is 9.10. The number of aromatic nitrogens is 4. The van der Waals surface area contributed by atoms with Gasteiger partial charge in [0.1, 0.15) is 0 Å². The summed E-state index contributed by atoms with van der Waals surface area (Å²) in [6, 6.07) is 7.58. The summed E-state index contributed by atoms with van der Waals surface area (Å²) in [4.78, 5) is 12.4. The van der Waals surface area contributed by atoms with Crippen LogP contribution in [0.3, 0.4) is 0 Å². The van der Waals surface area contributed by atoms with Crippen LogP contribution in [0.2, 0.25) is 5.02 Å². The molecule has 0 saturated carbocycles. The van der Waals surface area contributed by atoms with Crippen molar-refractivity contribution in [1.82, 2.24) is 19.6 Å². The fraction of sp³-hybridized carbons (Fsp3) is 0.188. The first kappa shape index (κ1) is 16.7. The van der Waals surface area contributed by atoms with Crippen LogP contribution < -0.4 is 5.32 Å². The van der Waals surface area contributed by atoms with Gasteiger partial charge in [-0.05, 0) is 34.5 Å². The Morgan fingerprint density at radius 3 is 2.79 bits per heavy atom. The van der Waals surface area contributed by atoms with Gasteiger partial charge in [-0.3, -0.25) is 14.2 Å². The zero-order valence-corrected chi connectivity index (χ0v) is 15.5. The van der Waals surface area contributed by atoms with Gasteiger partial charge in [0, 0.05) is 24.0 Å². The van der Waals surface area contributed by atoms with Crippen LogP contribution in [0.1, 0.15) is 21.6 Å². The van der Waals surface area contributed by atoms with Gasteiger partial charge in [0.2, 0.25) is 0 Å². The molecule has 3 rings (SSSR count). The third-order valence-electron chi connectivity index (χ3n) is 3.72. The molecule has 0 bridgehead atoms. The molecule has 6 nitrogen and oxygen atoms in total. The third kappa shape index (κ3) is 3.37. The minimum absolute atomic E-state index is 0.246. The van der Waals surface area contributed by atoms with E-state index in [0.717, 1.165) is 11.3 Å². The van der Waals surface area contributed by atoms with Crippen LogP contribution >= 0.6 is 27.5 Å². The lowest BCUT2D eigenvalue weighted by Crippen LogP contribution is -2.14. The van der Waals surface area contributed by atoms with Gasteiger partial charge in [-0.1, -0.05) is 29.8 Å². The second-order valence-corrected chi connectivity index (χ2v) is 6.60. The molecule has 0 atom stereocenters. The standard InChI is InChI=1S/C16H15BrClN5O/c1-10-12(7-19-22(10)2)16(24)20-15-13(17)9-23(21-15)8-11-5-3-4-6-14(11)18/h3-7,9H,8H2,1-2H3,(H,20,21,24). The van der Waals surface area contributed by atoms with E-state index in [1.165, 1.54) is 0 Å². The Kier molecular flexibility index (Phi) is 4.73. The van der Waals surface area contributed by atoms with Crippen molar-refractivity contribution in [3.63, 3.8) is 0 Å². The molecule has 0 saturated heterocycles. The van der Waals surface area contributed by atoms with Gasteiger partial charge in [-0.2, -0.15) is 10.2 Å². The van der Waals surface area contributed by atoms with Crippen LogP contribution in [-0.4, -0.2) is 25.5 Å². The van der Waals surface area contributed by atoms with Crippen molar-refractivity contribution in [1.29, 1.82) is 0 Å².